The van der Waals surface area contributed by atoms with Crippen LogP contribution in [0.1, 0.15) is 45.5 Å². The highest BCUT2D eigenvalue weighted by Gasteiger charge is 2.18. The molecule has 0 aliphatic carbocycles. The van der Waals surface area contributed by atoms with Gasteiger partial charge in [-0.2, -0.15) is 5.10 Å². The van der Waals surface area contributed by atoms with Gasteiger partial charge in [0.15, 0.2) is 10.8 Å². The predicted molar refractivity (Wildman–Crippen MR) is 100 cm³/mol. The number of ether oxygens (including phenoxy) is 1. The zero-order valence-electron chi connectivity index (χ0n) is 15.6. The molecule has 0 bridgehead atoms. The van der Waals surface area contributed by atoms with E-state index in [1.807, 2.05) is 13.8 Å². The summed E-state index contributed by atoms with van der Waals surface area (Å²) in [5.41, 5.74) is 4.01. The van der Waals surface area contributed by atoms with Crippen molar-refractivity contribution in [2.45, 2.75) is 40.5 Å². The zero-order chi connectivity index (χ0) is 19.6. The molecular formula is C17H20N6O3S. The van der Waals surface area contributed by atoms with Crippen LogP contribution in [0.2, 0.25) is 0 Å². The van der Waals surface area contributed by atoms with Gasteiger partial charge in [-0.3, -0.25) is 4.79 Å². The Balaban J connectivity index is 1.67. The van der Waals surface area contributed by atoms with E-state index in [-0.39, 0.29) is 12.3 Å². The molecule has 0 saturated heterocycles. The average molecular weight is 388 g/mol. The molecule has 27 heavy (non-hydrogen) atoms. The Morgan fingerprint density at radius 3 is 2.78 bits per heavy atom. The highest BCUT2D eigenvalue weighted by molar-refractivity contribution is 7.17. The Bertz CT molecular complexity index is 1010. The summed E-state index contributed by atoms with van der Waals surface area (Å²) in [5.74, 6) is -0.605. The topological polar surface area (TPSA) is 111 Å². The van der Waals surface area contributed by atoms with Crippen LogP contribution in [0.3, 0.4) is 0 Å². The van der Waals surface area contributed by atoms with Gasteiger partial charge in [0.05, 0.1) is 18.0 Å². The van der Waals surface area contributed by atoms with Crippen LogP contribution in [-0.2, 0) is 16.0 Å². The van der Waals surface area contributed by atoms with Crippen molar-refractivity contribution in [1.82, 2.24) is 24.8 Å². The molecule has 0 atom stereocenters. The van der Waals surface area contributed by atoms with E-state index >= 15 is 0 Å². The fourth-order valence-electron chi connectivity index (χ4n) is 2.80. The first-order valence-corrected chi connectivity index (χ1v) is 9.32. The van der Waals surface area contributed by atoms with E-state index in [0.717, 1.165) is 28.2 Å². The van der Waals surface area contributed by atoms with Crippen LogP contribution < -0.4 is 5.32 Å². The molecule has 1 amide bonds. The third kappa shape index (κ3) is 3.95. The Labute approximate surface area is 159 Å². The van der Waals surface area contributed by atoms with E-state index in [1.54, 1.807) is 24.7 Å². The summed E-state index contributed by atoms with van der Waals surface area (Å²) in [5, 5.41) is 15.5. The fraction of sp³-hybridized carbons (Fsp3) is 0.412. The second kappa shape index (κ2) is 7.78. The highest BCUT2D eigenvalue weighted by atomic mass is 32.1. The summed E-state index contributed by atoms with van der Waals surface area (Å²) in [6.45, 7) is 7.59. The number of amides is 1. The van der Waals surface area contributed by atoms with E-state index < -0.39 is 5.97 Å². The van der Waals surface area contributed by atoms with Crippen LogP contribution in [0.25, 0.3) is 5.65 Å². The lowest BCUT2D eigenvalue weighted by molar-refractivity contribution is -0.116. The fourth-order valence-corrected chi connectivity index (χ4v) is 3.68. The van der Waals surface area contributed by atoms with Gasteiger partial charge in [-0.25, -0.2) is 14.3 Å². The number of fused-ring (bicyclic) bond motifs is 1. The lowest BCUT2D eigenvalue weighted by Crippen LogP contribution is -2.13. The molecule has 3 rings (SSSR count). The van der Waals surface area contributed by atoms with Gasteiger partial charge in [0.25, 0.3) is 0 Å². The molecule has 0 radical (unpaired) electrons. The first-order chi connectivity index (χ1) is 12.9. The van der Waals surface area contributed by atoms with Gasteiger partial charge in [0, 0.05) is 12.0 Å². The van der Waals surface area contributed by atoms with Gasteiger partial charge in [-0.05, 0) is 39.7 Å². The van der Waals surface area contributed by atoms with Gasteiger partial charge in [0.2, 0.25) is 5.91 Å². The van der Waals surface area contributed by atoms with Crippen LogP contribution in [0.5, 0.6) is 0 Å². The number of hydrogen-bond acceptors (Lipinski definition) is 8. The maximum atomic E-state index is 12.3. The first-order valence-electron chi connectivity index (χ1n) is 8.51. The molecule has 142 valence electrons. The van der Waals surface area contributed by atoms with Crippen molar-refractivity contribution in [3.8, 4) is 0 Å². The highest BCUT2D eigenvalue weighted by Crippen LogP contribution is 2.24. The van der Waals surface area contributed by atoms with Gasteiger partial charge < -0.3 is 10.1 Å². The van der Waals surface area contributed by atoms with Crippen molar-refractivity contribution in [2.24, 2.45) is 0 Å². The summed E-state index contributed by atoms with van der Waals surface area (Å²) in [6, 6.07) is 0. The number of thiazole rings is 1. The van der Waals surface area contributed by atoms with Crippen molar-refractivity contribution < 1.29 is 14.3 Å². The normalized spacial score (nSPS) is 11.0. The van der Waals surface area contributed by atoms with Crippen LogP contribution in [0.4, 0.5) is 5.13 Å². The second-order valence-electron chi connectivity index (χ2n) is 5.99. The first kappa shape index (κ1) is 18.9. The predicted octanol–water partition coefficient (Wildman–Crippen LogP) is 2.25. The molecule has 1 N–H and O–H groups in total. The molecule has 3 aromatic heterocycles. The molecule has 0 aliphatic rings. The quantitative estimate of drug-likeness (QED) is 0.645. The van der Waals surface area contributed by atoms with E-state index in [2.05, 4.69) is 25.6 Å². The molecular weight excluding hydrogens is 368 g/mol. The minimum atomic E-state index is -0.424. The minimum absolute atomic E-state index is 0.181. The third-order valence-electron chi connectivity index (χ3n) is 4.12. The number of carbonyl (C=O) groups is 2. The average Bonchev–Trinajstić information content (AvgIpc) is 3.21. The van der Waals surface area contributed by atoms with Crippen LogP contribution >= 0.6 is 11.3 Å². The smallest absolute Gasteiger partial charge is 0.350 e. The van der Waals surface area contributed by atoms with Crippen LogP contribution in [0.15, 0.2) is 6.33 Å². The molecule has 9 nitrogen and oxygen atoms in total. The molecule has 3 heterocycles. The summed E-state index contributed by atoms with van der Waals surface area (Å²) < 4.78 is 6.61. The molecule has 0 fully saturated rings. The van der Waals surface area contributed by atoms with Crippen LogP contribution in [0, 0.1) is 20.8 Å². The molecule has 0 aromatic carbocycles. The number of aromatic nitrogens is 5. The van der Waals surface area contributed by atoms with Gasteiger partial charge >= 0.3 is 5.97 Å². The number of rotatable bonds is 6. The van der Waals surface area contributed by atoms with Gasteiger partial charge in [-0.1, -0.05) is 11.3 Å². The lowest BCUT2D eigenvalue weighted by Gasteiger charge is -2.09. The van der Waals surface area contributed by atoms with Crippen molar-refractivity contribution in [2.75, 3.05) is 11.9 Å². The third-order valence-corrected chi connectivity index (χ3v) is 5.17. The lowest BCUT2D eigenvalue weighted by atomic mass is 10.0. The number of aryl methyl sites for hydroxylation is 3. The number of hydrogen-bond donors (Lipinski definition) is 1. The van der Waals surface area contributed by atoms with E-state index in [4.69, 9.17) is 4.74 Å². The Morgan fingerprint density at radius 1 is 1.26 bits per heavy atom. The van der Waals surface area contributed by atoms with Crippen molar-refractivity contribution in [1.29, 1.82) is 0 Å². The SMILES string of the molecule is CCOC(=O)c1sc(NC(=O)CCc2c(C)nn3cnnc3c2C)nc1C. The second-order valence-corrected chi connectivity index (χ2v) is 6.99. The molecule has 10 heteroatoms. The molecule has 0 saturated carbocycles. The number of nitrogens with one attached hydrogen (secondary N) is 1. The maximum absolute atomic E-state index is 12.3. The van der Waals surface area contributed by atoms with Crippen LogP contribution in [-0.4, -0.2) is 43.3 Å². The Hall–Kier alpha value is -2.88. The molecule has 0 aliphatic heterocycles. The number of anilines is 1. The molecule has 0 unspecified atom stereocenters. The standard InChI is InChI=1S/C17H20N6O3S/c1-5-26-16(25)14-11(4)19-17(27-14)20-13(24)7-6-12-9(2)15-21-18-8-23(15)22-10(12)3/h8H,5-7H2,1-4H3,(H,19,20,24). The van der Waals surface area contributed by atoms with E-state index in [1.165, 1.54) is 0 Å². The van der Waals surface area contributed by atoms with Crippen molar-refractivity contribution in [3.63, 3.8) is 0 Å². The number of carbonyl (C=O) groups excluding carboxylic acids is 2. The zero-order valence-corrected chi connectivity index (χ0v) is 16.4. The summed E-state index contributed by atoms with van der Waals surface area (Å²) in [4.78, 5) is 28.8. The molecule has 3 aromatic rings. The Morgan fingerprint density at radius 2 is 2.04 bits per heavy atom. The van der Waals surface area contributed by atoms with Gasteiger partial charge in [-0.15, -0.1) is 10.2 Å². The number of nitrogens with zero attached hydrogens (tertiary/aromatic N) is 5. The summed E-state index contributed by atoms with van der Waals surface area (Å²) in [6.07, 6.45) is 2.34. The van der Waals surface area contributed by atoms with Gasteiger partial charge in [0.1, 0.15) is 11.2 Å². The summed E-state index contributed by atoms with van der Waals surface area (Å²) in [7, 11) is 0. The monoisotopic (exact) mass is 388 g/mol. The van der Waals surface area contributed by atoms with Crippen molar-refractivity contribution in [3.05, 3.63) is 33.7 Å². The van der Waals surface area contributed by atoms with Crippen molar-refractivity contribution >= 4 is 34.0 Å². The molecule has 0 spiro atoms. The summed E-state index contributed by atoms with van der Waals surface area (Å²) >= 11 is 1.12. The largest absolute Gasteiger partial charge is 0.462 e. The van der Waals surface area contributed by atoms with E-state index in [0.29, 0.717) is 34.4 Å². The van der Waals surface area contributed by atoms with E-state index in [9.17, 15) is 9.59 Å². The number of esters is 1. The maximum Gasteiger partial charge on any atom is 0.350 e. The minimum Gasteiger partial charge on any atom is -0.462 e. The Kier molecular flexibility index (Phi) is 5.45.